The number of nitrogens with one attached hydrogen (secondary N) is 2. The van der Waals surface area contributed by atoms with E-state index in [2.05, 4.69) is 57.3 Å². The van der Waals surface area contributed by atoms with Gasteiger partial charge in [0.25, 0.3) is 0 Å². The van der Waals surface area contributed by atoms with Crippen LogP contribution in [-0.2, 0) is 23.8 Å². The van der Waals surface area contributed by atoms with Gasteiger partial charge in [-0.25, -0.2) is 0 Å². The van der Waals surface area contributed by atoms with E-state index in [0.717, 1.165) is 116 Å². The van der Waals surface area contributed by atoms with Crippen molar-refractivity contribution in [2.75, 3.05) is 53.6 Å². The number of nitrogens with two attached hydrogens (primary N) is 2. The van der Waals surface area contributed by atoms with Crippen molar-refractivity contribution in [1.29, 1.82) is 0 Å². The molecule has 0 spiro atoms. The molecule has 1 rings (SSSR count). The molecule has 0 bridgehead atoms. The molecule has 0 aromatic heterocycles. The molecule has 12 nitrogen and oxygen atoms in total. The molecule has 1 fully saturated rings. The highest BCUT2D eigenvalue weighted by atomic mass is 16.5. The Morgan fingerprint density at radius 1 is 0.507 bits per heavy atom. The fraction of sp³-hybridized carbons (Fsp3) is 0.905. The first kappa shape index (κ1) is 74.5. The van der Waals surface area contributed by atoms with Crippen LogP contribution in [0, 0.1) is 0 Å². The van der Waals surface area contributed by atoms with Gasteiger partial charge in [-0.3, -0.25) is 9.59 Å². The molecule has 8 N–H and O–H groups in total. The number of aliphatic hydroxyl groups excluding tert-OH is 2. The first-order valence-electron chi connectivity index (χ1n) is 31.8. The number of carbonyl (C=O) groups is 2. The highest BCUT2D eigenvalue weighted by molar-refractivity contribution is 5.69. The SMILES string of the molecule is CCCCCCCCC(CCCCCCCC)OC(=O)CCCCCCCN/C=C(\N)CO.CCCCCCCCC(CCCCCCCC)OC(=O)CCCCCCCN/C=C(\N)CO.CN(C)CC1CCCO1. The van der Waals surface area contributed by atoms with Gasteiger partial charge in [-0.05, 0) is 104 Å². The quantitative estimate of drug-likeness (QED) is 0.0251. The zero-order valence-corrected chi connectivity index (χ0v) is 50.4. The topological polar surface area (TPSA) is 182 Å². The Hall–Kier alpha value is -2.54. The van der Waals surface area contributed by atoms with Crippen LogP contribution in [0.15, 0.2) is 23.8 Å². The lowest BCUT2D eigenvalue weighted by Crippen LogP contribution is -2.24. The minimum Gasteiger partial charge on any atom is -0.462 e. The molecule has 1 heterocycles. The van der Waals surface area contributed by atoms with Gasteiger partial charge in [-0.15, -0.1) is 0 Å². The van der Waals surface area contributed by atoms with Gasteiger partial charge in [0, 0.05) is 62.9 Å². The van der Waals surface area contributed by atoms with E-state index in [-0.39, 0.29) is 37.4 Å². The molecule has 446 valence electrons. The van der Waals surface area contributed by atoms with Gasteiger partial charge in [0.05, 0.1) is 19.3 Å². The van der Waals surface area contributed by atoms with Crippen LogP contribution in [0.5, 0.6) is 0 Å². The second kappa shape index (κ2) is 60.7. The minimum atomic E-state index is -0.109. The molecule has 0 aromatic carbocycles. The number of ether oxygens (including phenoxy) is 3. The van der Waals surface area contributed by atoms with Crippen molar-refractivity contribution >= 4 is 11.9 Å². The van der Waals surface area contributed by atoms with E-state index in [1.807, 2.05) is 0 Å². The van der Waals surface area contributed by atoms with Crippen LogP contribution in [0.1, 0.15) is 297 Å². The molecule has 0 aliphatic carbocycles. The lowest BCUT2D eigenvalue weighted by Gasteiger charge is -2.18. The number of esters is 2. The van der Waals surface area contributed by atoms with Crippen molar-refractivity contribution in [2.24, 2.45) is 11.5 Å². The average molecular weight is 1070 g/mol. The summed E-state index contributed by atoms with van der Waals surface area (Å²) in [6.45, 7) is 12.6. The zero-order chi connectivity index (χ0) is 55.5. The monoisotopic (exact) mass is 1070 g/mol. The molecule has 0 aromatic rings. The van der Waals surface area contributed by atoms with Crippen molar-refractivity contribution in [1.82, 2.24) is 15.5 Å². The maximum absolute atomic E-state index is 12.4. The number of hydrogen-bond donors (Lipinski definition) is 6. The predicted molar refractivity (Wildman–Crippen MR) is 319 cm³/mol. The Morgan fingerprint density at radius 2 is 0.813 bits per heavy atom. The third-order valence-corrected chi connectivity index (χ3v) is 14.1. The Balaban J connectivity index is 0. The first-order valence-corrected chi connectivity index (χ1v) is 31.8. The van der Waals surface area contributed by atoms with Gasteiger partial charge in [0.2, 0.25) is 0 Å². The van der Waals surface area contributed by atoms with Crippen LogP contribution in [0.25, 0.3) is 0 Å². The summed E-state index contributed by atoms with van der Waals surface area (Å²) >= 11 is 0. The number of nitrogens with zero attached hydrogens (tertiary/aromatic N) is 1. The molecule has 0 saturated carbocycles. The number of hydrogen-bond acceptors (Lipinski definition) is 12. The standard InChI is InChI=1S/2C28H56N2O3.C7H15NO/c2*1-3-5-7-9-12-16-20-27(21-17-13-10-8-6-4-2)33-28(32)22-18-14-11-15-19-23-30-24-26(29)25-31;1-8(2)6-7-4-3-5-9-7/h2*24,27,30-31H,3-23,25,29H2,1-2H3;7H,3-6H2,1-2H3/b2*26-24-;. The Bertz CT molecular complexity index is 1130. The molecule has 1 aliphatic heterocycles. The summed E-state index contributed by atoms with van der Waals surface area (Å²) in [7, 11) is 4.17. The van der Waals surface area contributed by atoms with E-state index in [1.165, 1.54) is 167 Å². The third-order valence-electron chi connectivity index (χ3n) is 14.1. The number of likely N-dealkylation sites (N-methyl/N-ethyl adjacent to an activating group) is 1. The number of carbonyl (C=O) groups excluding carboxylic acids is 2. The van der Waals surface area contributed by atoms with Crippen molar-refractivity contribution in [2.45, 2.75) is 316 Å². The molecule has 0 amide bonds. The van der Waals surface area contributed by atoms with Crippen LogP contribution in [0.2, 0.25) is 0 Å². The van der Waals surface area contributed by atoms with Crippen LogP contribution in [0.4, 0.5) is 0 Å². The fourth-order valence-corrected chi connectivity index (χ4v) is 9.37. The lowest BCUT2D eigenvalue weighted by atomic mass is 10.0. The van der Waals surface area contributed by atoms with Crippen LogP contribution in [-0.4, -0.2) is 98.9 Å². The van der Waals surface area contributed by atoms with Crippen molar-refractivity contribution in [3.8, 4) is 0 Å². The van der Waals surface area contributed by atoms with Gasteiger partial charge in [0.1, 0.15) is 12.2 Å². The van der Waals surface area contributed by atoms with Gasteiger partial charge in [-0.2, -0.15) is 0 Å². The molecular formula is C63H127N5O7. The Labute approximate surface area is 464 Å². The molecule has 1 aliphatic rings. The summed E-state index contributed by atoms with van der Waals surface area (Å²) < 4.78 is 17.2. The van der Waals surface area contributed by atoms with Gasteiger partial charge in [0.15, 0.2) is 0 Å². The summed E-state index contributed by atoms with van der Waals surface area (Å²) in [5.74, 6) is 0.00602. The van der Waals surface area contributed by atoms with Crippen LogP contribution >= 0.6 is 0 Å². The zero-order valence-electron chi connectivity index (χ0n) is 50.4. The van der Waals surface area contributed by atoms with Crippen molar-refractivity contribution < 1.29 is 34.0 Å². The van der Waals surface area contributed by atoms with Crippen LogP contribution < -0.4 is 22.1 Å². The lowest BCUT2D eigenvalue weighted by molar-refractivity contribution is -0.151. The predicted octanol–water partition coefficient (Wildman–Crippen LogP) is 15.0. The largest absolute Gasteiger partial charge is 0.462 e. The van der Waals surface area contributed by atoms with Crippen molar-refractivity contribution in [3.05, 3.63) is 23.8 Å². The van der Waals surface area contributed by atoms with E-state index in [4.69, 9.17) is 35.9 Å². The summed E-state index contributed by atoms with van der Waals surface area (Å²) in [6.07, 6.45) is 53.4. The smallest absolute Gasteiger partial charge is 0.306 e. The second-order valence-electron chi connectivity index (χ2n) is 22.0. The van der Waals surface area contributed by atoms with Crippen LogP contribution in [0.3, 0.4) is 0 Å². The first-order chi connectivity index (χ1) is 36.6. The molecule has 1 atom stereocenters. The van der Waals surface area contributed by atoms with Gasteiger partial charge < -0.3 is 51.4 Å². The van der Waals surface area contributed by atoms with E-state index in [0.29, 0.717) is 30.3 Å². The minimum absolute atomic E-state index is 0.00301. The number of rotatable bonds is 52. The highest BCUT2D eigenvalue weighted by Crippen LogP contribution is 2.20. The maximum atomic E-state index is 12.4. The molecule has 75 heavy (non-hydrogen) atoms. The Kier molecular flexibility index (Phi) is 60.3. The van der Waals surface area contributed by atoms with Gasteiger partial charge in [-0.1, -0.05) is 195 Å². The molecule has 1 unspecified atom stereocenters. The van der Waals surface area contributed by atoms with E-state index in [9.17, 15) is 9.59 Å². The summed E-state index contributed by atoms with van der Waals surface area (Å²) in [5.41, 5.74) is 12.0. The number of aliphatic hydroxyl groups is 2. The second-order valence-corrected chi connectivity index (χ2v) is 22.0. The maximum Gasteiger partial charge on any atom is 0.306 e. The summed E-state index contributed by atoms with van der Waals surface area (Å²) in [5, 5.41) is 23.9. The number of unbranched alkanes of at least 4 members (excludes halogenated alkanes) is 28. The molecule has 12 heteroatoms. The summed E-state index contributed by atoms with van der Waals surface area (Å²) in [6, 6.07) is 0. The van der Waals surface area contributed by atoms with E-state index >= 15 is 0 Å². The fourth-order valence-electron chi connectivity index (χ4n) is 9.37. The Morgan fingerprint density at radius 3 is 1.11 bits per heavy atom. The molecule has 1 saturated heterocycles. The van der Waals surface area contributed by atoms with E-state index < -0.39 is 0 Å². The average Bonchev–Trinajstić information content (AvgIpc) is 3.91. The van der Waals surface area contributed by atoms with Crippen molar-refractivity contribution in [3.63, 3.8) is 0 Å². The molecular weight excluding hydrogens is 939 g/mol. The highest BCUT2D eigenvalue weighted by Gasteiger charge is 2.17. The normalized spacial score (nSPS) is 13.7. The molecule has 0 radical (unpaired) electrons. The third kappa shape index (κ3) is 59.0. The van der Waals surface area contributed by atoms with Gasteiger partial charge >= 0.3 is 11.9 Å². The summed E-state index contributed by atoms with van der Waals surface area (Å²) in [4.78, 5) is 27.0. The van der Waals surface area contributed by atoms with E-state index in [1.54, 1.807) is 12.4 Å².